The molecule has 0 saturated carbocycles. The summed E-state index contributed by atoms with van der Waals surface area (Å²) >= 11 is 0. The van der Waals surface area contributed by atoms with E-state index in [9.17, 15) is 4.79 Å². The Morgan fingerprint density at radius 3 is 2.68 bits per heavy atom. The zero-order chi connectivity index (χ0) is 19.5. The highest BCUT2D eigenvalue weighted by Crippen LogP contribution is 2.36. The van der Waals surface area contributed by atoms with Crippen LogP contribution < -0.4 is 10.1 Å². The molecule has 2 unspecified atom stereocenters. The third kappa shape index (κ3) is 4.07. The summed E-state index contributed by atoms with van der Waals surface area (Å²) in [5, 5.41) is 2.98. The van der Waals surface area contributed by atoms with Crippen LogP contribution in [-0.2, 0) is 11.2 Å². The smallest absolute Gasteiger partial charge is 0.224 e. The lowest BCUT2D eigenvalue weighted by Gasteiger charge is -2.43. The Kier molecular flexibility index (Phi) is 5.67. The maximum atomic E-state index is 11.8. The number of anilines is 1. The van der Waals surface area contributed by atoms with Gasteiger partial charge in [-0.15, -0.1) is 0 Å². The minimum Gasteiger partial charge on any atom is -0.475 e. The molecule has 4 heteroatoms. The summed E-state index contributed by atoms with van der Waals surface area (Å²) in [5.41, 5.74) is 3.46. The molecule has 1 amide bonds. The van der Waals surface area contributed by atoms with Gasteiger partial charge in [-0.05, 0) is 36.5 Å². The van der Waals surface area contributed by atoms with E-state index in [0.29, 0.717) is 18.4 Å². The number of amides is 1. The number of piperidine rings is 1. The van der Waals surface area contributed by atoms with Crippen molar-refractivity contribution >= 4 is 11.6 Å². The van der Waals surface area contributed by atoms with Crippen LogP contribution in [0.5, 0.6) is 5.75 Å². The lowest BCUT2D eigenvalue weighted by Crippen LogP contribution is -2.47. The molecule has 1 N–H and O–H groups in total. The minimum absolute atomic E-state index is 0.00264. The summed E-state index contributed by atoms with van der Waals surface area (Å²) in [6.45, 7) is 5.49. The molecule has 2 aliphatic rings. The first-order valence-electron chi connectivity index (χ1n) is 10.5. The van der Waals surface area contributed by atoms with Crippen molar-refractivity contribution in [3.63, 3.8) is 0 Å². The van der Waals surface area contributed by atoms with Crippen LogP contribution in [0.4, 0.5) is 5.69 Å². The van der Waals surface area contributed by atoms with Crippen molar-refractivity contribution in [3.8, 4) is 5.75 Å². The average molecular weight is 379 g/mol. The quantitative estimate of drug-likeness (QED) is 0.781. The lowest BCUT2D eigenvalue weighted by molar-refractivity contribution is -0.116. The summed E-state index contributed by atoms with van der Waals surface area (Å²) in [6.07, 6.45) is 4.99. The van der Waals surface area contributed by atoms with Crippen molar-refractivity contribution in [1.29, 1.82) is 0 Å². The van der Waals surface area contributed by atoms with Crippen molar-refractivity contribution in [1.82, 2.24) is 4.90 Å². The Labute approximate surface area is 167 Å². The molecule has 4 nitrogen and oxygen atoms in total. The van der Waals surface area contributed by atoms with Crippen LogP contribution in [-0.4, -0.2) is 23.6 Å². The second-order valence-corrected chi connectivity index (χ2v) is 8.28. The molecule has 0 spiro atoms. The monoisotopic (exact) mass is 378 g/mol. The summed E-state index contributed by atoms with van der Waals surface area (Å²) in [7, 11) is 0. The molecule has 2 aromatic carbocycles. The van der Waals surface area contributed by atoms with Gasteiger partial charge in [0.25, 0.3) is 0 Å². The molecule has 0 bridgehead atoms. The molecule has 0 radical (unpaired) electrons. The van der Waals surface area contributed by atoms with Crippen LogP contribution >= 0.6 is 0 Å². The van der Waals surface area contributed by atoms with Crippen molar-refractivity contribution in [2.24, 2.45) is 5.92 Å². The van der Waals surface area contributed by atoms with E-state index in [1.54, 1.807) is 0 Å². The zero-order valence-corrected chi connectivity index (χ0v) is 16.9. The van der Waals surface area contributed by atoms with E-state index in [4.69, 9.17) is 4.74 Å². The Morgan fingerprint density at radius 1 is 1.07 bits per heavy atom. The second kappa shape index (κ2) is 8.36. The zero-order valence-electron chi connectivity index (χ0n) is 16.9. The Balaban J connectivity index is 1.58. The largest absolute Gasteiger partial charge is 0.475 e. The molecule has 2 atom stereocenters. The molecule has 4 rings (SSSR count). The first-order valence-corrected chi connectivity index (χ1v) is 10.5. The summed E-state index contributed by atoms with van der Waals surface area (Å²) in [5.74, 6) is 1.28. The number of ether oxygens (including phenoxy) is 1. The van der Waals surface area contributed by atoms with E-state index in [2.05, 4.69) is 60.5 Å². The SMILES string of the molecule is CC(C)C(Oc1ccc2c(c1)NC(=O)CC2)N1CCCCC1c1ccccc1. The van der Waals surface area contributed by atoms with E-state index in [0.717, 1.165) is 30.8 Å². The molecular formula is C24H30N2O2. The van der Waals surface area contributed by atoms with E-state index in [-0.39, 0.29) is 12.1 Å². The van der Waals surface area contributed by atoms with E-state index in [1.165, 1.54) is 24.0 Å². The number of nitrogens with zero attached hydrogens (tertiary/aromatic N) is 1. The van der Waals surface area contributed by atoms with Crippen LogP contribution in [0.2, 0.25) is 0 Å². The van der Waals surface area contributed by atoms with E-state index < -0.39 is 0 Å². The second-order valence-electron chi connectivity index (χ2n) is 8.28. The van der Waals surface area contributed by atoms with Gasteiger partial charge in [0.15, 0.2) is 6.23 Å². The number of rotatable bonds is 5. The Hall–Kier alpha value is -2.33. The summed E-state index contributed by atoms with van der Waals surface area (Å²) < 4.78 is 6.54. The van der Waals surface area contributed by atoms with Crippen LogP contribution in [0, 0.1) is 5.92 Å². The Morgan fingerprint density at radius 2 is 1.89 bits per heavy atom. The molecule has 1 saturated heterocycles. The van der Waals surface area contributed by atoms with E-state index in [1.807, 2.05) is 12.1 Å². The molecular weight excluding hydrogens is 348 g/mol. The van der Waals surface area contributed by atoms with Gasteiger partial charge in [-0.25, -0.2) is 0 Å². The molecule has 0 aromatic heterocycles. The predicted molar refractivity (Wildman–Crippen MR) is 112 cm³/mol. The van der Waals surface area contributed by atoms with Gasteiger partial charge in [-0.2, -0.15) is 0 Å². The fourth-order valence-corrected chi connectivity index (χ4v) is 4.44. The molecule has 2 aromatic rings. The maximum absolute atomic E-state index is 11.8. The fraction of sp³-hybridized carbons (Fsp3) is 0.458. The summed E-state index contributed by atoms with van der Waals surface area (Å²) in [6, 6.07) is 17.3. The highest BCUT2D eigenvalue weighted by molar-refractivity contribution is 5.94. The first kappa shape index (κ1) is 19.0. The highest BCUT2D eigenvalue weighted by Gasteiger charge is 2.33. The van der Waals surface area contributed by atoms with Crippen molar-refractivity contribution < 1.29 is 9.53 Å². The van der Waals surface area contributed by atoms with Crippen LogP contribution in [0.3, 0.4) is 0 Å². The number of hydrogen-bond acceptors (Lipinski definition) is 3. The number of benzene rings is 2. The van der Waals surface area contributed by atoms with Gasteiger partial charge in [0, 0.05) is 36.7 Å². The Bertz CT molecular complexity index is 819. The van der Waals surface area contributed by atoms with Crippen LogP contribution in [0.15, 0.2) is 48.5 Å². The maximum Gasteiger partial charge on any atom is 0.224 e. The van der Waals surface area contributed by atoms with Crippen molar-refractivity contribution in [2.45, 2.75) is 58.2 Å². The number of nitrogens with one attached hydrogen (secondary N) is 1. The summed E-state index contributed by atoms with van der Waals surface area (Å²) in [4.78, 5) is 14.3. The average Bonchev–Trinajstić information content (AvgIpc) is 2.72. The van der Waals surface area contributed by atoms with Gasteiger partial charge in [0.2, 0.25) is 5.91 Å². The van der Waals surface area contributed by atoms with Gasteiger partial charge in [-0.3, -0.25) is 9.69 Å². The molecule has 0 aliphatic carbocycles. The lowest BCUT2D eigenvalue weighted by atomic mass is 9.93. The van der Waals surface area contributed by atoms with Crippen LogP contribution in [0.25, 0.3) is 0 Å². The number of aryl methyl sites for hydroxylation is 1. The minimum atomic E-state index is 0.00264. The number of likely N-dealkylation sites (tertiary alicyclic amines) is 1. The van der Waals surface area contributed by atoms with Crippen molar-refractivity contribution in [3.05, 3.63) is 59.7 Å². The van der Waals surface area contributed by atoms with Gasteiger partial charge >= 0.3 is 0 Å². The fourth-order valence-electron chi connectivity index (χ4n) is 4.44. The van der Waals surface area contributed by atoms with Crippen molar-refractivity contribution in [2.75, 3.05) is 11.9 Å². The van der Waals surface area contributed by atoms with Gasteiger partial charge in [-0.1, -0.05) is 56.7 Å². The molecule has 148 valence electrons. The van der Waals surface area contributed by atoms with Gasteiger partial charge in [0.05, 0.1) is 0 Å². The highest BCUT2D eigenvalue weighted by atomic mass is 16.5. The molecule has 2 heterocycles. The standard InChI is InChI=1S/C24H30N2O2/c1-17(2)24(26-15-7-6-10-22(26)19-8-4-3-5-9-19)28-20-13-11-18-12-14-23(27)25-21(18)16-20/h3-5,8-9,11,13,16-17,22,24H,6-7,10,12,14-15H2,1-2H3,(H,25,27). The van der Waals surface area contributed by atoms with Gasteiger partial charge < -0.3 is 10.1 Å². The first-order chi connectivity index (χ1) is 13.6. The topological polar surface area (TPSA) is 41.6 Å². The normalized spacial score (nSPS) is 21.1. The van der Waals surface area contributed by atoms with Gasteiger partial charge in [0.1, 0.15) is 5.75 Å². The molecule has 1 fully saturated rings. The third-order valence-electron chi connectivity index (χ3n) is 5.86. The predicted octanol–water partition coefficient (Wildman–Crippen LogP) is 5.16. The third-order valence-corrected chi connectivity index (χ3v) is 5.86. The number of carbonyl (C=O) groups is 1. The van der Waals surface area contributed by atoms with Crippen LogP contribution in [0.1, 0.15) is 56.7 Å². The molecule has 2 aliphatic heterocycles. The van der Waals surface area contributed by atoms with E-state index >= 15 is 0 Å². The number of hydrogen-bond donors (Lipinski definition) is 1. The number of carbonyl (C=O) groups excluding carboxylic acids is 1. The number of fused-ring (bicyclic) bond motifs is 1. The molecule has 28 heavy (non-hydrogen) atoms.